The van der Waals surface area contributed by atoms with Gasteiger partial charge in [-0.15, -0.1) is 0 Å². The minimum absolute atomic E-state index is 0.409. The normalized spacial score (nSPS) is 11.7. The van der Waals surface area contributed by atoms with Crippen molar-refractivity contribution in [3.8, 4) is 5.75 Å². The lowest BCUT2D eigenvalue weighted by Crippen LogP contribution is -2.19. The SMILES string of the molecule is CCNCc1cc(C)c(OCOCC(F)(F)F)c(C)c1. The number of alkyl halides is 3. The Balaban J connectivity index is 2.58. The van der Waals surface area contributed by atoms with E-state index in [0.717, 1.165) is 29.8 Å². The molecule has 1 N–H and O–H groups in total. The van der Waals surface area contributed by atoms with Crippen molar-refractivity contribution in [1.82, 2.24) is 5.32 Å². The Bertz CT molecular complexity index is 410. The van der Waals surface area contributed by atoms with Gasteiger partial charge >= 0.3 is 6.18 Å². The van der Waals surface area contributed by atoms with Crippen LogP contribution in [0.2, 0.25) is 0 Å². The summed E-state index contributed by atoms with van der Waals surface area (Å²) in [5, 5.41) is 3.22. The number of hydrogen-bond donors (Lipinski definition) is 1. The molecule has 1 aromatic rings. The second-order valence-electron chi connectivity index (χ2n) is 4.56. The minimum Gasteiger partial charge on any atom is -0.467 e. The molecular formula is C14H20F3NO2. The highest BCUT2D eigenvalue weighted by Gasteiger charge is 2.27. The molecule has 114 valence electrons. The quantitative estimate of drug-likeness (QED) is 0.617. The maximum atomic E-state index is 11.9. The lowest BCUT2D eigenvalue weighted by molar-refractivity contribution is -0.186. The van der Waals surface area contributed by atoms with Gasteiger partial charge < -0.3 is 14.8 Å². The summed E-state index contributed by atoms with van der Waals surface area (Å²) in [6, 6.07) is 3.91. The van der Waals surface area contributed by atoms with Crippen LogP contribution in [0.1, 0.15) is 23.6 Å². The number of halogens is 3. The van der Waals surface area contributed by atoms with Crippen LogP contribution in [0.15, 0.2) is 12.1 Å². The Kier molecular flexibility index (Phi) is 6.29. The lowest BCUT2D eigenvalue weighted by atomic mass is 10.1. The van der Waals surface area contributed by atoms with Gasteiger partial charge in [-0.25, -0.2) is 0 Å². The molecule has 0 aliphatic heterocycles. The third-order valence-electron chi connectivity index (χ3n) is 2.65. The first-order valence-electron chi connectivity index (χ1n) is 6.41. The van der Waals surface area contributed by atoms with E-state index < -0.39 is 19.6 Å². The average molecular weight is 291 g/mol. The van der Waals surface area contributed by atoms with Gasteiger partial charge in [-0.3, -0.25) is 0 Å². The van der Waals surface area contributed by atoms with Crippen molar-refractivity contribution in [1.29, 1.82) is 0 Å². The maximum absolute atomic E-state index is 11.9. The number of ether oxygens (including phenoxy) is 2. The van der Waals surface area contributed by atoms with Crippen LogP contribution in [0.25, 0.3) is 0 Å². The van der Waals surface area contributed by atoms with Gasteiger partial charge in [0.2, 0.25) is 0 Å². The third kappa shape index (κ3) is 5.79. The molecule has 0 amide bonds. The second kappa shape index (κ2) is 7.50. The van der Waals surface area contributed by atoms with E-state index in [1.165, 1.54) is 0 Å². The van der Waals surface area contributed by atoms with Gasteiger partial charge in [0, 0.05) is 6.54 Å². The minimum atomic E-state index is -4.33. The van der Waals surface area contributed by atoms with Gasteiger partial charge in [0.15, 0.2) is 6.79 Å². The molecule has 0 bridgehead atoms. The molecule has 20 heavy (non-hydrogen) atoms. The van der Waals surface area contributed by atoms with E-state index in [9.17, 15) is 13.2 Å². The van der Waals surface area contributed by atoms with Crippen LogP contribution < -0.4 is 10.1 Å². The number of hydrogen-bond acceptors (Lipinski definition) is 3. The second-order valence-corrected chi connectivity index (χ2v) is 4.56. The van der Waals surface area contributed by atoms with Crippen molar-refractivity contribution in [2.45, 2.75) is 33.5 Å². The smallest absolute Gasteiger partial charge is 0.411 e. The molecule has 0 saturated heterocycles. The topological polar surface area (TPSA) is 30.5 Å². The van der Waals surface area contributed by atoms with Crippen LogP contribution in [0, 0.1) is 13.8 Å². The molecule has 0 unspecified atom stereocenters. The fourth-order valence-electron chi connectivity index (χ4n) is 1.90. The van der Waals surface area contributed by atoms with Crippen molar-refractivity contribution < 1.29 is 22.6 Å². The summed E-state index contributed by atoms with van der Waals surface area (Å²) in [4.78, 5) is 0. The molecule has 1 rings (SSSR count). The van der Waals surface area contributed by atoms with Crippen molar-refractivity contribution >= 4 is 0 Å². The van der Waals surface area contributed by atoms with Gasteiger partial charge in [-0.2, -0.15) is 13.2 Å². The fourth-order valence-corrected chi connectivity index (χ4v) is 1.90. The third-order valence-corrected chi connectivity index (χ3v) is 2.65. The van der Waals surface area contributed by atoms with Crippen molar-refractivity contribution in [2.24, 2.45) is 0 Å². The summed E-state index contributed by atoms with van der Waals surface area (Å²) < 4.78 is 45.5. The largest absolute Gasteiger partial charge is 0.467 e. The summed E-state index contributed by atoms with van der Waals surface area (Å²) >= 11 is 0. The molecule has 1 aromatic carbocycles. The van der Waals surface area contributed by atoms with Crippen molar-refractivity contribution in [3.05, 3.63) is 28.8 Å². The molecule has 0 atom stereocenters. The molecular weight excluding hydrogens is 271 g/mol. The Morgan fingerprint density at radius 3 is 2.25 bits per heavy atom. The van der Waals surface area contributed by atoms with E-state index in [2.05, 4.69) is 10.1 Å². The van der Waals surface area contributed by atoms with Gasteiger partial charge in [0.05, 0.1) is 0 Å². The molecule has 0 spiro atoms. The number of rotatable bonds is 7. The zero-order chi connectivity index (χ0) is 15.2. The van der Waals surface area contributed by atoms with E-state index in [0.29, 0.717) is 5.75 Å². The van der Waals surface area contributed by atoms with Crippen LogP contribution in [0.3, 0.4) is 0 Å². The zero-order valence-electron chi connectivity index (χ0n) is 11.9. The van der Waals surface area contributed by atoms with E-state index in [4.69, 9.17) is 4.74 Å². The monoisotopic (exact) mass is 291 g/mol. The van der Waals surface area contributed by atoms with Crippen LogP contribution in [-0.2, 0) is 11.3 Å². The summed E-state index contributed by atoms with van der Waals surface area (Å²) in [5.41, 5.74) is 2.88. The van der Waals surface area contributed by atoms with Gasteiger partial charge in [0.1, 0.15) is 12.4 Å². The first kappa shape index (κ1) is 16.8. The van der Waals surface area contributed by atoms with Crippen LogP contribution >= 0.6 is 0 Å². The number of aryl methyl sites for hydroxylation is 2. The van der Waals surface area contributed by atoms with Crippen LogP contribution in [0.5, 0.6) is 5.75 Å². The summed E-state index contributed by atoms with van der Waals surface area (Å²) in [6.07, 6.45) is -4.33. The zero-order valence-corrected chi connectivity index (χ0v) is 11.9. The van der Waals surface area contributed by atoms with E-state index >= 15 is 0 Å². The van der Waals surface area contributed by atoms with Gasteiger partial charge in [-0.1, -0.05) is 19.1 Å². The fraction of sp³-hybridized carbons (Fsp3) is 0.571. The van der Waals surface area contributed by atoms with Gasteiger partial charge in [0.25, 0.3) is 0 Å². The maximum Gasteiger partial charge on any atom is 0.411 e. The van der Waals surface area contributed by atoms with E-state index in [-0.39, 0.29) is 0 Å². The summed E-state index contributed by atoms with van der Waals surface area (Å²) in [5.74, 6) is 0.576. The van der Waals surface area contributed by atoms with Crippen molar-refractivity contribution in [2.75, 3.05) is 19.9 Å². The Morgan fingerprint density at radius 1 is 1.15 bits per heavy atom. The first-order valence-corrected chi connectivity index (χ1v) is 6.41. The van der Waals surface area contributed by atoms with Crippen LogP contribution in [-0.4, -0.2) is 26.1 Å². The number of nitrogens with one attached hydrogen (secondary N) is 1. The first-order chi connectivity index (χ1) is 9.33. The Morgan fingerprint density at radius 2 is 1.75 bits per heavy atom. The molecule has 0 aromatic heterocycles. The van der Waals surface area contributed by atoms with E-state index in [1.54, 1.807) is 0 Å². The highest BCUT2D eigenvalue weighted by Crippen LogP contribution is 2.25. The lowest BCUT2D eigenvalue weighted by Gasteiger charge is -2.15. The van der Waals surface area contributed by atoms with E-state index in [1.807, 2.05) is 32.9 Å². The molecule has 6 heteroatoms. The molecule has 0 heterocycles. The average Bonchev–Trinajstić information content (AvgIpc) is 2.33. The highest BCUT2D eigenvalue weighted by atomic mass is 19.4. The number of benzene rings is 1. The molecule has 3 nitrogen and oxygen atoms in total. The Labute approximate surface area is 117 Å². The molecule has 0 radical (unpaired) electrons. The predicted octanol–water partition coefficient (Wildman–Crippen LogP) is 3.33. The standard InChI is InChI=1S/C14H20F3NO2/c1-4-18-7-12-5-10(2)13(11(3)6-12)20-9-19-8-14(15,16)17/h5-6,18H,4,7-9H2,1-3H3. The molecule has 0 aliphatic rings. The van der Waals surface area contributed by atoms with Crippen LogP contribution in [0.4, 0.5) is 13.2 Å². The molecule has 0 saturated carbocycles. The van der Waals surface area contributed by atoms with Crippen molar-refractivity contribution in [3.63, 3.8) is 0 Å². The Hall–Kier alpha value is -1.27. The highest BCUT2D eigenvalue weighted by molar-refractivity contribution is 5.43. The summed E-state index contributed by atoms with van der Waals surface area (Å²) in [7, 11) is 0. The predicted molar refractivity (Wildman–Crippen MR) is 70.8 cm³/mol. The van der Waals surface area contributed by atoms with Gasteiger partial charge in [-0.05, 0) is 37.1 Å². The molecule has 0 aliphatic carbocycles. The molecule has 0 fully saturated rings. The summed E-state index contributed by atoms with van der Waals surface area (Å²) in [6.45, 7) is 5.67.